The molecular formula is C14H8BrF3N2O. The maximum atomic E-state index is 13.0. The molecule has 0 unspecified atom stereocenters. The summed E-state index contributed by atoms with van der Waals surface area (Å²) in [5.41, 5.74) is -0.319. The lowest BCUT2D eigenvalue weighted by Gasteiger charge is -2.13. The van der Waals surface area contributed by atoms with Gasteiger partial charge in [-0.15, -0.1) is 0 Å². The van der Waals surface area contributed by atoms with Crippen molar-refractivity contribution in [3.8, 4) is 17.7 Å². The zero-order valence-corrected chi connectivity index (χ0v) is 12.3. The standard InChI is InChI=1S/C14H8BrF3N2O/c1-8-4-13(20-7-11(8)15)21-12-3-2-9(6-19)5-10(12)14(16,17)18/h2-5,7H,1H3. The maximum Gasteiger partial charge on any atom is 0.420 e. The van der Waals surface area contributed by atoms with Gasteiger partial charge in [0.15, 0.2) is 0 Å². The molecule has 0 saturated heterocycles. The first-order valence-corrected chi connectivity index (χ1v) is 6.52. The van der Waals surface area contributed by atoms with Crippen LogP contribution in [0.4, 0.5) is 13.2 Å². The molecule has 0 bridgehead atoms. The van der Waals surface area contributed by atoms with E-state index in [2.05, 4.69) is 20.9 Å². The van der Waals surface area contributed by atoms with E-state index in [9.17, 15) is 13.2 Å². The topological polar surface area (TPSA) is 45.9 Å². The summed E-state index contributed by atoms with van der Waals surface area (Å²) in [6.07, 6.45) is -3.17. The molecule has 2 aromatic rings. The van der Waals surface area contributed by atoms with Gasteiger partial charge in [-0.1, -0.05) is 0 Å². The lowest BCUT2D eigenvalue weighted by molar-refractivity contribution is -0.138. The lowest BCUT2D eigenvalue weighted by Crippen LogP contribution is -2.08. The molecule has 0 radical (unpaired) electrons. The van der Waals surface area contributed by atoms with Crippen LogP contribution in [0.15, 0.2) is 34.9 Å². The summed E-state index contributed by atoms with van der Waals surface area (Å²) in [5.74, 6) is -0.346. The number of aromatic nitrogens is 1. The van der Waals surface area contributed by atoms with E-state index in [1.807, 2.05) is 0 Å². The van der Waals surface area contributed by atoms with Gasteiger partial charge in [0.25, 0.3) is 0 Å². The Balaban J connectivity index is 2.44. The van der Waals surface area contributed by atoms with Gasteiger partial charge in [-0.3, -0.25) is 0 Å². The van der Waals surface area contributed by atoms with Crippen molar-refractivity contribution in [2.24, 2.45) is 0 Å². The van der Waals surface area contributed by atoms with Crippen molar-refractivity contribution in [3.05, 3.63) is 51.6 Å². The molecule has 108 valence electrons. The fourth-order valence-corrected chi connectivity index (χ4v) is 1.81. The molecule has 0 amide bonds. The van der Waals surface area contributed by atoms with Gasteiger partial charge in [0, 0.05) is 16.7 Å². The van der Waals surface area contributed by atoms with Crippen LogP contribution in [0.1, 0.15) is 16.7 Å². The molecule has 0 saturated carbocycles. The number of halogens is 4. The average Bonchev–Trinajstić information content (AvgIpc) is 2.42. The van der Waals surface area contributed by atoms with Gasteiger partial charge < -0.3 is 4.74 Å². The van der Waals surface area contributed by atoms with Crippen LogP contribution in [0.3, 0.4) is 0 Å². The Morgan fingerprint density at radius 3 is 2.57 bits per heavy atom. The van der Waals surface area contributed by atoms with E-state index >= 15 is 0 Å². The molecular weight excluding hydrogens is 349 g/mol. The average molecular weight is 357 g/mol. The minimum absolute atomic E-state index is 0.0471. The molecule has 0 atom stereocenters. The first kappa shape index (κ1) is 15.3. The third kappa shape index (κ3) is 3.52. The second-order valence-corrected chi connectivity index (χ2v) is 5.05. The largest absolute Gasteiger partial charge is 0.438 e. The van der Waals surface area contributed by atoms with E-state index in [1.165, 1.54) is 18.3 Å². The van der Waals surface area contributed by atoms with Crippen molar-refractivity contribution in [2.75, 3.05) is 0 Å². The van der Waals surface area contributed by atoms with Crippen molar-refractivity contribution >= 4 is 15.9 Å². The van der Waals surface area contributed by atoms with E-state index in [0.717, 1.165) is 22.2 Å². The molecule has 0 aliphatic carbocycles. The number of ether oxygens (including phenoxy) is 1. The number of pyridine rings is 1. The molecule has 1 aromatic heterocycles. The highest BCUT2D eigenvalue weighted by molar-refractivity contribution is 9.10. The van der Waals surface area contributed by atoms with Gasteiger partial charge in [0.05, 0.1) is 17.2 Å². The molecule has 1 aromatic carbocycles. The Kier molecular flexibility index (Phi) is 4.19. The number of benzene rings is 1. The lowest BCUT2D eigenvalue weighted by atomic mass is 10.1. The number of hydrogen-bond acceptors (Lipinski definition) is 3. The summed E-state index contributed by atoms with van der Waals surface area (Å²) in [4.78, 5) is 3.90. The first-order valence-electron chi connectivity index (χ1n) is 5.72. The third-order valence-corrected chi connectivity index (χ3v) is 3.48. The van der Waals surface area contributed by atoms with Gasteiger partial charge in [-0.25, -0.2) is 4.98 Å². The van der Waals surface area contributed by atoms with Crippen LogP contribution in [0, 0.1) is 18.3 Å². The van der Waals surface area contributed by atoms with Crippen LogP contribution in [0.2, 0.25) is 0 Å². The van der Waals surface area contributed by atoms with Gasteiger partial charge in [0.2, 0.25) is 5.88 Å². The Hall–Kier alpha value is -2.07. The zero-order valence-electron chi connectivity index (χ0n) is 10.7. The van der Waals surface area contributed by atoms with Gasteiger partial charge in [-0.2, -0.15) is 18.4 Å². The van der Waals surface area contributed by atoms with Crippen molar-refractivity contribution in [2.45, 2.75) is 13.1 Å². The molecule has 0 aliphatic heterocycles. The van der Waals surface area contributed by atoms with E-state index in [-0.39, 0.29) is 11.4 Å². The Labute approximate surface area is 127 Å². The number of aryl methyl sites for hydroxylation is 1. The predicted molar refractivity (Wildman–Crippen MR) is 72.9 cm³/mol. The fraction of sp³-hybridized carbons (Fsp3) is 0.143. The van der Waals surface area contributed by atoms with E-state index in [0.29, 0.717) is 0 Å². The van der Waals surface area contributed by atoms with Crippen LogP contribution in [-0.2, 0) is 6.18 Å². The monoisotopic (exact) mass is 356 g/mol. The SMILES string of the molecule is Cc1cc(Oc2ccc(C#N)cc2C(F)(F)F)ncc1Br. The second kappa shape index (κ2) is 5.74. The zero-order chi connectivity index (χ0) is 15.6. The molecule has 21 heavy (non-hydrogen) atoms. The summed E-state index contributed by atoms with van der Waals surface area (Å²) in [7, 11) is 0. The second-order valence-electron chi connectivity index (χ2n) is 4.19. The minimum atomic E-state index is -4.62. The third-order valence-electron chi connectivity index (χ3n) is 2.65. The molecule has 1 heterocycles. The van der Waals surface area contributed by atoms with Crippen molar-refractivity contribution in [3.63, 3.8) is 0 Å². The molecule has 0 aliphatic rings. The predicted octanol–water partition coefficient (Wildman–Crippen LogP) is 4.84. The highest BCUT2D eigenvalue weighted by Gasteiger charge is 2.35. The van der Waals surface area contributed by atoms with Gasteiger partial charge in [0.1, 0.15) is 5.75 Å². The molecule has 3 nitrogen and oxygen atoms in total. The Morgan fingerprint density at radius 1 is 1.29 bits per heavy atom. The molecule has 0 N–H and O–H groups in total. The quantitative estimate of drug-likeness (QED) is 0.773. The first-order chi connectivity index (χ1) is 9.81. The Bertz CT molecular complexity index is 723. The van der Waals surface area contributed by atoms with E-state index < -0.39 is 17.5 Å². The van der Waals surface area contributed by atoms with Crippen LogP contribution in [0.5, 0.6) is 11.6 Å². The maximum absolute atomic E-state index is 13.0. The van der Waals surface area contributed by atoms with Crippen LogP contribution >= 0.6 is 15.9 Å². The molecule has 2 rings (SSSR count). The molecule has 0 spiro atoms. The summed E-state index contributed by atoms with van der Waals surface area (Å²) >= 11 is 3.25. The van der Waals surface area contributed by atoms with E-state index in [1.54, 1.807) is 13.0 Å². The van der Waals surface area contributed by atoms with Gasteiger partial charge >= 0.3 is 6.18 Å². The van der Waals surface area contributed by atoms with Crippen molar-refractivity contribution < 1.29 is 17.9 Å². The number of hydrogen-bond donors (Lipinski definition) is 0. The number of alkyl halides is 3. The normalized spacial score (nSPS) is 11.0. The van der Waals surface area contributed by atoms with Gasteiger partial charge in [-0.05, 0) is 46.6 Å². The van der Waals surface area contributed by atoms with E-state index in [4.69, 9.17) is 10.00 Å². The van der Waals surface area contributed by atoms with Crippen molar-refractivity contribution in [1.29, 1.82) is 5.26 Å². The number of nitriles is 1. The highest BCUT2D eigenvalue weighted by atomic mass is 79.9. The summed E-state index contributed by atoms with van der Waals surface area (Å²) in [5, 5.41) is 8.70. The highest BCUT2D eigenvalue weighted by Crippen LogP contribution is 2.38. The number of rotatable bonds is 2. The number of nitrogens with zero attached hydrogens (tertiary/aromatic N) is 2. The molecule has 0 fully saturated rings. The summed E-state index contributed by atoms with van der Waals surface area (Å²) in [6, 6.07) is 6.31. The van der Waals surface area contributed by atoms with Crippen molar-refractivity contribution in [1.82, 2.24) is 4.98 Å². The molecule has 7 heteroatoms. The summed E-state index contributed by atoms with van der Waals surface area (Å²) < 4.78 is 44.9. The van der Waals surface area contributed by atoms with Crippen LogP contribution in [-0.4, -0.2) is 4.98 Å². The minimum Gasteiger partial charge on any atom is -0.438 e. The van der Waals surface area contributed by atoms with Crippen LogP contribution in [0.25, 0.3) is 0 Å². The van der Waals surface area contributed by atoms with Crippen LogP contribution < -0.4 is 4.74 Å². The fourth-order valence-electron chi connectivity index (χ4n) is 1.59. The Morgan fingerprint density at radius 2 is 2.00 bits per heavy atom. The summed E-state index contributed by atoms with van der Waals surface area (Å²) in [6.45, 7) is 1.77. The smallest absolute Gasteiger partial charge is 0.420 e.